The number of carbonyl (C=O) groups is 1. The van der Waals surface area contributed by atoms with Crippen LogP contribution in [0.15, 0.2) is 54.7 Å². The number of sulfonamides is 1. The SMILES string of the molecule is CS(=O)(=O)Nc1ccc2nc(CC(=O)c3cc4ccccc4cn3)[nH]c2c1. The van der Waals surface area contributed by atoms with E-state index in [1.165, 1.54) is 0 Å². The van der Waals surface area contributed by atoms with E-state index in [0.717, 1.165) is 17.0 Å². The quantitative estimate of drug-likeness (QED) is 0.518. The third-order valence-corrected chi connectivity index (χ3v) is 4.69. The van der Waals surface area contributed by atoms with Gasteiger partial charge in [0, 0.05) is 11.6 Å². The van der Waals surface area contributed by atoms with Crippen molar-refractivity contribution in [1.29, 1.82) is 0 Å². The van der Waals surface area contributed by atoms with Crippen molar-refractivity contribution < 1.29 is 13.2 Å². The maximum absolute atomic E-state index is 12.6. The lowest BCUT2D eigenvalue weighted by Gasteiger charge is -2.02. The van der Waals surface area contributed by atoms with Gasteiger partial charge in [0.05, 0.1) is 29.4 Å². The molecule has 0 unspecified atom stereocenters. The molecule has 2 aromatic heterocycles. The summed E-state index contributed by atoms with van der Waals surface area (Å²) in [5.41, 5.74) is 2.12. The average Bonchev–Trinajstić information content (AvgIpc) is 3.01. The van der Waals surface area contributed by atoms with E-state index >= 15 is 0 Å². The number of hydrogen-bond donors (Lipinski definition) is 2. The van der Waals surface area contributed by atoms with Gasteiger partial charge in [0.25, 0.3) is 0 Å². The molecule has 2 N–H and O–H groups in total. The standard InChI is InChI=1S/C19H16N4O3S/c1-27(25,26)23-14-6-7-15-16(9-14)22-19(21-15)10-18(24)17-8-12-4-2-3-5-13(12)11-20-17/h2-9,11,23H,10H2,1H3,(H,21,22). The van der Waals surface area contributed by atoms with Crippen LogP contribution in [0.1, 0.15) is 16.3 Å². The molecule has 4 rings (SSSR count). The van der Waals surface area contributed by atoms with Gasteiger partial charge in [-0.3, -0.25) is 14.5 Å². The van der Waals surface area contributed by atoms with E-state index in [9.17, 15) is 13.2 Å². The summed E-state index contributed by atoms with van der Waals surface area (Å²) in [5, 5.41) is 1.93. The van der Waals surface area contributed by atoms with Crippen LogP contribution in [0, 0.1) is 0 Å². The molecule has 2 aromatic carbocycles. The zero-order valence-electron chi connectivity index (χ0n) is 14.4. The number of ketones is 1. The van der Waals surface area contributed by atoms with Crippen LogP contribution in [0.2, 0.25) is 0 Å². The van der Waals surface area contributed by atoms with Crippen molar-refractivity contribution >= 4 is 43.3 Å². The molecule has 0 fully saturated rings. The van der Waals surface area contributed by atoms with Gasteiger partial charge in [0.1, 0.15) is 11.5 Å². The third kappa shape index (κ3) is 3.80. The van der Waals surface area contributed by atoms with E-state index in [4.69, 9.17) is 0 Å². The van der Waals surface area contributed by atoms with Crippen LogP contribution < -0.4 is 4.72 Å². The Hall–Kier alpha value is -3.26. The van der Waals surface area contributed by atoms with Crippen molar-refractivity contribution in [3.05, 3.63) is 66.2 Å². The summed E-state index contributed by atoms with van der Waals surface area (Å²) in [7, 11) is -3.36. The maximum Gasteiger partial charge on any atom is 0.229 e. The Labute approximate surface area is 155 Å². The minimum absolute atomic E-state index is 0.0782. The molecule has 0 bridgehead atoms. The Balaban J connectivity index is 1.59. The van der Waals surface area contributed by atoms with Gasteiger partial charge in [0.2, 0.25) is 10.0 Å². The lowest BCUT2D eigenvalue weighted by molar-refractivity contribution is 0.0986. The molecule has 0 saturated carbocycles. The first-order valence-electron chi connectivity index (χ1n) is 8.22. The zero-order valence-corrected chi connectivity index (χ0v) is 15.2. The number of H-pyrrole nitrogens is 1. The lowest BCUT2D eigenvalue weighted by Crippen LogP contribution is -2.09. The van der Waals surface area contributed by atoms with Gasteiger partial charge in [-0.15, -0.1) is 0 Å². The number of imidazole rings is 1. The summed E-state index contributed by atoms with van der Waals surface area (Å²) in [5.74, 6) is 0.357. The monoisotopic (exact) mass is 380 g/mol. The molecule has 4 aromatic rings. The van der Waals surface area contributed by atoms with Gasteiger partial charge in [-0.2, -0.15) is 0 Å². The molecule has 8 heteroatoms. The summed E-state index contributed by atoms with van der Waals surface area (Å²) in [4.78, 5) is 24.3. The van der Waals surface area contributed by atoms with Gasteiger partial charge < -0.3 is 4.98 Å². The summed E-state index contributed by atoms with van der Waals surface area (Å²) < 4.78 is 25.1. The summed E-state index contributed by atoms with van der Waals surface area (Å²) in [6, 6.07) is 14.5. The van der Waals surface area contributed by atoms with E-state index in [-0.39, 0.29) is 12.2 Å². The van der Waals surface area contributed by atoms with E-state index in [2.05, 4.69) is 19.7 Å². The number of nitrogens with zero attached hydrogens (tertiary/aromatic N) is 2. The van der Waals surface area contributed by atoms with Gasteiger partial charge >= 0.3 is 0 Å². The predicted molar refractivity (Wildman–Crippen MR) is 104 cm³/mol. The third-order valence-electron chi connectivity index (χ3n) is 4.08. The smallest absolute Gasteiger partial charge is 0.229 e. The highest BCUT2D eigenvalue weighted by atomic mass is 32.2. The van der Waals surface area contributed by atoms with E-state index < -0.39 is 10.0 Å². The molecular formula is C19H16N4O3S. The summed E-state index contributed by atoms with van der Waals surface area (Å²) in [6.07, 6.45) is 2.85. The molecule has 0 spiro atoms. The first kappa shape index (κ1) is 17.2. The number of hydrogen-bond acceptors (Lipinski definition) is 5. The summed E-state index contributed by atoms with van der Waals surface area (Å²) in [6.45, 7) is 0. The van der Waals surface area contributed by atoms with Crippen LogP contribution in [-0.2, 0) is 16.4 Å². The average molecular weight is 380 g/mol. The first-order chi connectivity index (χ1) is 12.9. The molecule has 0 atom stereocenters. The number of rotatable bonds is 5. The van der Waals surface area contributed by atoms with Gasteiger partial charge in [0.15, 0.2) is 5.78 Å². The predicted octanol–water partition coefficient (Wildman–Crippen LogP) is 2.91. The van der Waals surface area contributed by atoms with Crippen LogP contribution in [-0.4, -0.2) is 35.4 Å². The van der Waals surface area contributed by atoms with Crippen LogP contribution in [0.4, 0.5) is 5.69 Å². The lowest BCUT2D eigenvalue weighted by atomic mass is 10.1. The number of nitrogens with one attached hydrogen (secondary N) is 2. The summed E-state index contributed by atoms with van der Waals surface area (Å²) >= 11 is 0. The number of aromatic amines is 1. The highest BCUT2D eigenvalue weighted by Gasteiger charge is 2.13. The molecule has 0 aliphatic heterocycles. The molecule has 7 nitrogen and oxygen atoms in total. The molecule has 0 aliphatic carbocycles. The van der Waals surface area contributed by atoms with Crippen LogP contribution in [0.5, 0.6) is 0 Å². The zero-order chi connectivity index (χ0) is 19.0. The fraction of sp³-hybridized carbons (Fsp3) is 0.105. The fourth-order valence-electron chi connectivity index (χ4n) is 2.90. The first-order valence-corrected chi connectivity index (χ1v) is 10.1. The van der Waals surface area contributed by atoms with Crippen molar-refractivity contribution in [3.8, 4) is 0 Å². The number of anilines is 1. The second-order valence-corrected chi connectivity index (χ2v) is 8.05. The fourth-order valence-corrected chi connectivity index (χ4v) is 3.46. The van der Waals surface area contributed by atoms with Gasteiger partial charge in [-0.05, 0) is 29.7 Å². The van der Waals surface area contributed by atoms with Gasteiger partial charge in [-0.25, -0.2) is 13.4 Å². The van der Waals surface area contributed by atoms with E-state index in [0.29, 0.717) is 28.2 Å². The van der Waals surface area contributed by atoms with Crippen molar-refractivity contribution in [3.63, 3.8) is 0 Å². The highest BCUT2D eigenvalue weighted by molar-refractivity contribution is 7.92. The van der Waals surface area contributed by atoms with Crippen molar-refractivity contribution in [2.45, 2.75) is 6.42 Å². The minimum Gasteiger partial charge on any atom is -0.342 e. The topological polar surface area (TPSA) is 105 Å². The highest BCUT2D eigenvalue weighted by Crippen LogP contribution is 2.19. The normalized spacial score (nSPS) is 11.7. The van der Waals surface area contributed by atoms with Gasteiger partial charge in [-0.1, -0.05) is 24.3 Å². The Kier molecular flexibility index (Phi) is 4.12. The van der Waals surface area contributed by atoms with Crippen LogP contribution in [0.3, 0.4) is 0 Å². The van der Waals surface area contributed by atoms with Crippen molar-refractivity contribution in [2.75, 3.05) is 11.0 Å². The Morgan fingerprint density at radius 1 is 1.11 bits per heavy atom. The van der Waals surface area contributed by atoms with Crippen LogP contribution in [0.25, 0.3) is 21.8 Å². The van der Waals surface area contributed by atoms with E-state index in [1.54, 1.807) is 30.5 Å². The van der Waals surface area contributed by atoms with Crippen LogP contribution >= 0.6 is 0 Å². The molecule has 0 aliphatic rings. The number of fused-ring (bicyclic) bond motifs is 2. The Morgan fingerprint density at radius 3 is 2.67 bits per heavy atom. The number of aromatic nitrogens is 3. The molecule has 2 heterocycles. The number of carbonyl (C=O) groups excluding carboxylic acids is 1. The number of pyridine rings is 1. The largest absolute Gasteiger partial charge is 0.342 e. The van der Waals surface area contributed by atoms with E-state index in [1.807, 2.05) is 24.3 Å². The number of Topliss-reactive ketones (excluding diaryl/α,β-unsaturated/α-hetero) is 1. The Bertz CT molecular complexity index is 1280. The Morgan fingerprint density at radius 2 is 1.89 bits per heavy atom. The maximum atomic E-state index is 12.6. The minimum atomic E-state index is -3.36. The molecule has 0 amide bonds. The number of benzene rings is 2. The molecule has 0 saturated heterocycles. The second-order valence-electron chi connectivity index (χ2n) is 6.31. The molecular weight excluding hydrogens is 364 g/mol. The molecule has 136 valence electrons. The second kappa shape index (κ2) is 6.48. The molecule has 27 heavy (non-hydrogen) atoms. The molecule has 0 radical (unpaired) electrons. The van der Waals surface area contributed by atoms with Crippen molar-refractivity contribution in [1.82, 2.24) is 15.0 Å². The van der Waals surface area contributed by atoms with Crippen molar-refractivity contribution in [2.24, 2.45) is 0 Å².